The van der Waals surface area contributed by atoms with Gasteiger partial charge in [0.15, 0.2) is 5.78 Å². The van der Waals surface area contributed by atoms with Crippen LogP contribution in [0.2, 0.25) is 0 Å². The monoisotopic (exact) mass is 359 g/mol. The molecular formula is C21H21N5O. The van der Waals surface area contributed by atoms with E-state index in [1.807, 2.05) is 48.7 Å². The number of anilines is 2. The second-order valence-electron chi connectivity index (χ2n) is 6.55. The first-order valence-corrected chi connectivity index (χ1v) is 9.05. The van der Waals surface area contributed by atoms with Crippen molar-refractivity contribution in [3.63, 3.8) is 0 Å². The highest BCUT2D eigenvalue weighted by Gasteiger charge is 2.19. The maximum Gasteiger partial charge on any atom is 0.225 e. The Hall–Kier alpha value is -3.28. The van der Waals surface area contributed by atoms with E-state index in [0.29, 0.717) is 0 Å². The Labute approximate surface area is 158 Å². The van der Waals surface area contributed by atoms with E-state index in [4.69, 9.17) is 4.98 Å². The molecule has 0 spiro atoms. The van der Waals surface area contributed by atoms with E-state index in [1.54, 1.807) is 19.3 Å². The quantitative estimate of drug-likeness (QED) is 0.667. The Bertz CT molecular complexity index is 919. The summed E-state index contributed by atoms with van der Waals surface area (Å²) in [5.74, 6) is 0.855. The van der Waals surface area contributed by atoms with Crippen molar-refractivity contribution >= 4 is 17.4 Å². The van der Waals surface area contributed by atoms with Gasteiger partial charge in [0.05, 0.1) is 5.69 Å². The Kier molecular flexibility index (Phi) is 4.78. The summed E-state index contributed by atoms with van der Waals surface area (Å²) in [4.78, 5) is 29.2. The Morgan fingerprint density at radius 3 is 2.19 bits per heavy atom. The van der Waals surface area contributed by atoms with E-state index in [1.165, 1.54) is 0 Å². The summed E-state index contributed by atoms with van der Waals surface area (Å²) in [5.41, 5.74) is 3.84. The van der Waals surface area contributed by atoms with Crippen LogP contribution in [0.1, 0.15) is 17.3 Å². The fourth-order valence-electron chi connectivity index (χ4n) is 3.26. The minimum atomic E-state index is 0.0950. The zero-order chi connectivity index (χ0) is 18.6. The highest BCUT2D eigenvalue weighted by molar-refractivity contribution is 5.94. The van der Waals surface area contributed by atoms with E-state index in [9.17, 15) is 4.79 Å². The minimum absolute atomic E-state index is 0.0950. The number of ketones is 1. The number of nitrogens with zero attached hydrogens (tertiary/aromatic N) is 5. The topological polar surface area (TPSA) is 62.2 Å². The molecule has 0 aliphatic carbocycles. The number of hydrogen-bond donors (Lipinski definition) is 0. The molecule has 0 bridgehead atoms. The number of pyridine rings is 1. The summed E-state index contributed by atoms with van der Waals surface area (Å²) in [5, 5.41) is 0. The number of hydrogen-bond acceptors (Lipinski definition) is 6. The summed E-state index contributed by atoms with van der Waals surface area (Å²) < 4.78 is 0. The van der Waals surface area contributed by atoms with Gasteiger partial charge >= 0.3 is 0 Å². The second kappa shape index (κ2) is 7.53. The second-order valence-corrected chi connectivity index (χ2v) is 6.55. The van der Waals surface area contributed by atoms with Gasteiger partial charge in [-0.05, 0) is 49.4 Å². The molecule has 136 valence electrons. The van der Waals surface area contributed by atoms with E-state index in [-0.39, 0.29) is 5.78 Å². The van der Waals surface area contributed by atoms with E-state index >= 15 is 0 Å². The van der Waals surface area contributed by atoms with Crippen molar-refractivity contribution in [2.24, 2.45) is 0 Å². The normalized spacial score (nSPS) is 14.3. The van der Waals surface area contributed by atoms with Crippen LogP contribution in [0.3, 0.4) is 0 Å². The van der Waals surface area contributed by atoms with Crippen molar-refractivity contribution in [2.45, 2.75) is 6.92 Å². The third-order valence-corrected chi connectivity index (χ3v) is 4.82. The van der Waals surface area contributed by atoms with Crippen LogP contribution < -0.4 is 9.80 Å². The fraction of sp³-hybridized carbons (Fsp3) is 0.238. The minimum Gasteiger partial charge on any atom is -0.368 e. The molecule has 1 saturated heterocycles. The predicted molar refractivity (Wildman–Crippen MR) is 106 cm³/mol. The van der Waals surface area contributed by atoms with E-state index in [2.05, 4.69) is 19.8 Å². The molecular weight excluding hydrogens is 338 g/mol. The standard InChI is InChI=1S/C21H21N5O/c1-16(27)17-2-4-19(5-3-17)25-12-14-26(15-13-25)21-23-11-8-20(24-21)18-6-9-22-10-7-18/h2-11H,12-15H2,1H3. The summed E-state index contributed by atoms with van der Waals surface area (Å²) in [6.45, 7) is 5.08. The summed E-state index contributed by atoms with van der Waals surface area (Å²) >= 11 is 0. The van der Waals surface area contributed by atoms with Gasteiger partial charge in [-0.15, -0.1) is 0 Å². The maximum atomic E-state index is 11.4. The highest BCUT2D eigenvalue weighted by Crippen LogP contribution is 2.21. The first-order valence-electron chi connectivity index (χ1n) is 9.05. The van der Waals surface area contributed by atoms with Gasteiger partial charge < -0.3 is 9.80 Å². The number of Topliss-reactive ketones (excluding diaryl/α,β-unsaturated/α-hetero) is 1. The van der Waals surface area contributed by atoms with E-state index in [0.717, 1.165) is 54.6 Å². The van der Waals surface area contributed by atoms with Gasteiger partial charge in [-0.3, -0.25) is 9.78 Å². The summed E-state index contributed by atoms with van der Waals surface area (Å²) in [6, 6.07) is 13.7. The highest BCUT2D eigenvalue weighted by atomic mass is 16.1. The van der Waals surface area contributed by atoms with Crippen molar-refractivity contribution < 1.29 is 4.79 Å². The number of carbonyl (C=O) groups is 1. The van der Waals surface area contributed by atoms with Gasteiger partial charge in [-0.1, -0.05) is 0 Å². The lowest BCUT2D eigenvalue weighted by Gasteiger charge is -2.36. The molecule has 0 radical (unpaired) electrons. The van der Waals surface area contributed by atoms with Crippen molar-refractivity contribution in [2.75, 3.05) is 36.0 Å². The molecule has 0 saturated carbocycles. The zero-order valence-electron chi connectivity index (χ0n) is 15.2. The molecule has 3 aromatic rings. The molecule has 6 nitrogen and oxygen atoms in total. The lowest BCUT2D eigenvalue weighted by molar-refractivity contribution is 0.101. The first kappa shape index (κ1) is 17.1. The molecule has 0 unspecified atom stereocenters. The van der Waals surface area contributed by atoms with Crippen LogP contribution in [0.5, 0.6) is 0 Å². The lowest BCUT2D eigenvalue weighted by Crippen LogP contribution is -2.47. The SMILES string of the molecule is CC(=O)c1ccc(N2CCN(c3nccc(-c4ccncc4)n3)CC2)cc1. The Morgan fingerprint density at radius 2 is 1.52 bits per heavy atom. The van der Waals surface area contributed by atoms with Gasteiger partial charge in [0, 0.05) is 61.6 Å². The Balaban J connectivity index is 1.44. The number of carbonyl (C=O) groups excluding carboxylic acids is 1. The summed E-state index contributed by atoms with van der Waals surface area (Å²) in [6.07, 6.45) is 5.35. The molecule has 1 aromatic carbocycles. The molecule has 2 aromatic heterocycles. The molecule has 4 rings (SSSR count). The maximum absolute atomic E-state index is 11.4. The van der Waals surface area contributed by atoms with Crippen LogP contribution in [-0.4, -0.2) is 46.9 Å². The number of piperazine rings is 1. The van der Waals surface area contributed by atoms with Crippen molar-refractivity contribution in [1.82, 2.24) is 15.0 Å². The first-order chi connectivity index (χ1) is 13.2. The van der Waals surface area contributed by atoms with Crippen LogP contribution in [-0.2, 0) is 0 Å². The van der Waals surface area contributed by atoms with Crippen molar-refractivity contribution in [1.29, 1.82) is 0 Å². The third kappa shape index (κ3) is 3.79. The van der Waals surface area contributed by atoms with Gasteiger partial charge in [0.1, 0.15) is 0 Å². The lowest BCUT2D eigenvalue weighted by atomic mass is 10.1. The number of rotatable bonds is 4. The molecule has 1 aliphatic heterocycles. The van der Waals surface area contributed by atoms with Crippen LogP contribution >= 0.6 is 0 Å². The van der Waals surface area contributed by atoms with Crippen LogP contribution in [0.4, 0.5) is 11.6 Å². The molecule has 6 heteroatoms. The molecule has 0 atom stereocenters. The molecule has 27 heavy (non-hydrogen) atoms. The van der Waals surface area contributed by atoms with Gasteiger partial charge in [-0.2, -0.15) is 0 Å². The fourth-order valence-corrected chi connectivity index (χ4v) is 3.26. The number of aromatic nitrogens is 3. The molecule has 3 heterocycles. The van der Waals surface area contributed by atoms with Gasteiger partial charge in [0.2, 0.25) is 5.95 Å². The molecule has 1 fully saturated rings. The Morgan fingerprint density at radius 1 is 0.852 bits per heavy atom. The largest absolute Gasteiger partial charge is 0.368 e. The number of benzene rings is 1. The zero-order valence-corrected chi connectivity index (χ0v) is 15.2. The smallest absolute Gasteiger partial charge is 0.225 e. The molecule has 1 aliphatic rings. The molecule has 0 amide bonds. The van der Waals surface area contributed by atoms with Gasteiger partial charge in [-0.25, -0.2) is 9.97 Å². The van der Waals surface area contributed by atoms with E-state index < -0.39 is 0 Å². The van der Waals surface area contributed by atoms with Crippen LogP contribution in [0.25, 0.3) is 11.3 Å². The van der Waals surface area contributed by atoms with Gasteiger partial charge in [0.25, 0.3) is 0 Å². The van der Waals surface area contributed by atoms with Crippen LogP contribution in [0.15, 0.2) is 61.1 Å². The summed E-state index contributed by atoms with van der Waals surface area (Å²) in [7, 11) is 0. The average molecular weight is 359 g/mol. The van der Waals surface area contributed by atoms with Crippen LogP contribution in [0, 0.1) is 0 Å². The van der Waals surface area contributed by atoms with Crippen molar-refractivity contribution in [3.8, 4) is 11.3 Å². The van der Waals surface area contributed by atoms with Crippen molar-refractivity contribution in [3.05, 3.63) is 66.6 Å². The average Bonchev–Trinajstić information content (AvgIpc) is 2.75. The predicted octanol–water partition coefficient (Wildman–Crippen LogP) is 3.07. The third-order valence-electron chi connectivity index (χ3n) is 4.82. The molecule has 0 N–H and O–H groups in total.